The molecule has 1 aliphatic carbocycles. The van der Waals surface area contributed by atoms with Crippen molar-refractivity contribution in [2.24, 2.45) is 0 Å². The molecule has 23 heavy (non-hydrogen) atoms. The van der Waals surface area contributed by atoms with Gasteiger partial charge in [-0.05, 0) is 19.3 Å². The van der Waals surface area contributed by atoms with Gasteiger partial charge in [0.2, 0.25) is 11.8 Å². The molecule has 0 bridgehead atoms. The van der Waals surface area contributed by atoms with Crippen molar-refractivity contribution in [1.82, 2.24) is 25.3 Å². The van der Waals surface area contributed by atoms with Crippen LogP contribution in [-0.4, -0.2) is 64.6 Å². The summed E-state index contributed by atoms with van der Waals surface area (Å²) in [5.41, 5.74) is 0. The molecule has 2 aliphatic rings. The van der Waals surface area contributed by atoms with Crippen LogP contribution in [0.15, 0.2) is 4.52 Å². The highest BCUT2D eigenvalue weighted by atomic mass is 16.5. The van der Waals surface area contributed by atoms with E-state index in [1.807, 2.05) is 4.90 Å². The van der Waals surface area contributed by atoms with Crippen molar-refractivity contribution in [2.75, 3.05) is 26.7 Å². The minimum absolute atomic E-state index is 0.0136. The van der Waals surface area contributed by atoms with Crippen molar-refractivity contribution in [3.05, 3.63) is 11.7 Å². The van der Waals surface area contributed by atoms with Crippen LogP contribution in [0.1, 0.15) is 43.8 Å². The summed E-state index contributed by atoms with van der Waals surface area (Å²) < 4.78 is 5.24. The highest BCUT2D eigenvalue weighted by Gasteiger charge is 2.32. The number of carbonyl (C=O) groups excluding carboxylic acids is 2. The van der Waals surface area contributed by atoms with E-state index < -0.39 is 0 Å². The molecule has 0 aromatic carbocycles. The SMILES string of the molecule is CNC(=O)N1CCC(N(CCc2noc(C3CC3)n2)C(C)=O)C1. The predicted molar refractivity (Wildman–Crippen MR) is 81.8 cm³/mol. The quantitative estimate of drug-likeness (QED) is 0.864. The van der Waals surface area contributed by atoms with Crippen LogP contribution in [0.5, 0.6) is 0 Å². The van der Waals surface area contributed by atoms with Crippen molar-refractivity contribution in [1.29, 1.82) is 0 Å². The second kappa shape index (κ2) is 6.55. The lowest BCUT2D eigenvalue weighted by Crippen LogP contribution is -2.44. The summed E-state index contributed by atoms with van der Waals surface area (Å²) in [4.78, 5) is 31.6. The van der Waals surface area contributed by atoms with Gasteiger partial charge in [-0.1, -0.05) is 5.16 Å². The first-order chi connectivity index (χ1) is 11.1. The molecule has 0 spiro atoms. The summed E-state index contributed by atoms with van der Waals surface area (Å²) >= 11 is 0. The van der Waals surface area contributed by atoms with E-state index in [1.165, 1.54) is 0 Å². The van der Waals surface area contributed by atoms with Crippen LogP contribution < -0.4 is 5.32 Å². The fourth-order valence-corrected chi connectivity index (χ4v) is 3.02. The van der Waals surface area contributed by atoms with E-state index in [4.69, 9.17) is 4.52 Å². The maximum absolute atomic E-state index is 12.0. The van der Waals surface area contributed by atoms with E-state index in [-0.39, 0.29) is 18.0 Å². The topological polar surface area (TPSA) is 91.6 Å². The molecule has 2 fully saturated rings. The van der Waals surface area contributed by atoms with Gasteiger partial charge in [-0.3, -0.25) is 4.79 Å². The largest absolute Gasteiger partial charge is 0.341 e. The van der Waals surface area contributed by atoms with Crippen molar-refractivity contribution in [3.63, 3.8) is 0 Å². The molecule has 1 unspecified atom stereocenters. The summed E-state index contributed by atoms with van der Waals surface area (Å²) in [7, 11) is 1.62. The van der Waals surface area contributed by atoms with Crippen molar-refractivity contribution in [2.45, 2.75) is 44.6 Å². The molecule has 1 saturated heterocycles. The molecule has 2 heterocycles. The maximum Gasteiger partial charge on any atom is 0.317 e. The Morgan fingerprint density at radius 3 is 2.83 bits per heavy atom. The molecule has 8 nitrogen and oxygen atoms in total. The Morgan fingerprint density at radius 2 is 2.17 bits per heavy atom. The smallest absolute Gasteiger partial charge is 0.317 e. The zero-order valence-electron chi connectivity index (χ0n) is 13.6. The Labute approximate surface area is 135 Å². The third kappa shape index (κ3) is 3.62. The van der Waals surface area contributed by atoms with E-state index in [1.54, 1.807) is 18.9 Å². The Hall–Kier alpha value is -2.12. The van der Waals surface area contributed by atoms with Crippen molar-refractivity contribution >= 4 is 11.9 Å². The molecule has 1 aromatic heterocycles. The molecule has 1 saturated carbocycles. The number of nitrogens with one attached hydrogen (secondary N) is 1. The van der Waals surface area contributed by atoms with E-state index in [9.17, 15) is 9.59 Å². The third-order valence-corrected chi connectivity index (χ3v) is 4.50. The summed E-state index contributed by atoms with van der Waals surface area (Å²) in [5, 5.41) is 6.62. The number of urea groups is 1. The lowest BCUT2D eigenvalue weighted by atomic mass is 10.2. The summed E-state index contributed by atoms with van der Waals surface area (Å²) in [6.07, 6.45) is 3.62. The van der Waals surface area contributed by atoms with Gasteiger partial charge in [0.1, 0.15) is 0 Å². The highest BCUT2D eigenvalue weighted by molar-refractivity contribution is 5.75. The molecule has 1 aromatic rings. The predicted octanol–water partition coefficient (Wildman–Crippen LogP) is 0.752. The number of rotatable bonds is 5. The van der Waals surface area contributed by atoms with Gasteiger partial charge in [-0.15, -0.1) is 0 Å². The van der Waals surface area contributed by atoms with Crippen molar-refractivity contribution < 1.29 is 14.1 Å². The van der Waals surface area contributed by atoms with Gasteiger partial charge in [0.25, 0.3) is 0 Å². The first kappa shape index (κ1) is 15.8. The van der Waals surface area contributed by atoms with Gasteiger partial charge >= 0.3 is 6.03 Å². The lowest BCUT2D eigenvalue weighted by Gasteiger charge is -2.27. The molecule has 1 atom stereocenters. The second-order valence-corrected chi connectivity index (χ2v) is 6.23. The fraction of sp³-hybridized carbons (Fsp3) is 0.733. The number of likely N-dealkylation sites (tertiary alicyclic amines) is 1. The van der Waals surface area contributed by atoms with Gasteiger partial charge in [0.15, 0.2) is 5.82 Å². The van der Waals surface area contributed by atoms with Crippen LogP contribution in [0.3, 0.4) is 0 Å². The van der Waals surface area contributed by atoms with Gasteiger partial charge < -0.3 is 19.6 Å². The monoisotopic (exact) mass is 321 g/mol. The normalized spacial score (nSPS) is 20.6. The standard InChI is InChI=1S/C15H23N5O3/c1-10(21)20(12-5-7-19(9-12)15(22)16-2)8-6-13-17-14(23-18-13)11-3-4-11/h11-12H,3-9H2,1-2H3,(H,16,22). The number of aromatic nitrogens is 2. The third-order valence-electron chi connectivity index (χ3n) is 4.50. The molecular formula is C15H23N5O3. The van der Waals surface area contributed by atoms with E-state index >= 15 is 0 Å². The zero-order valence-corrected chi connectivity index (χ0v) is 13.6. The average Bonchev–Trinajstić information content (AvgIpc) is 3.09. The minimum atomic E-state index is -0.0942. The van der Waals surface area contributed by atoms with Crippen LogP contribution in [-0.2, 0) is 11.2 Å². The Morgan fingerprint density at radius 1 is 1.39 bits per heavy atom. The van der Waals surface area contributed by atoms with Crippen LogP contribution >= 0.6 is 0 Å². The molecular weight excluding hydrogens is 298 g/mol. The fourth-order valence-electron chi connectivity index (χ4n) is 3.02. The van der Waals surface area contributed by atoms with Gasteiger partial charge in [-0.25, -0.2) is 4.79 Å². The number of carbonyl (C=O) groups is 2. The Balaban J connectivity index is 1.56. The molecule has 8 heteroatoms. The molecule has 3 rings (SSSR count). The van der Waals surface area contributed by atoms with Crippen LogP contribution in [0, 0.1) is 0 Å². The van der Waals surface area contributed by atoms with Crippen LogP contribution in [0.4, 0.5) is 4.79 Å². The number of nitrogens with zero attached hydrogens (tertiary/aromatic N) is 4. The number of hydrogen-bond acceptors (Lipinski definition) is 5. The Kier molecular flexibility index (Phi) is 4.49. The van der Waals surface area contributed by atoms with Gasteiger partial charge in [0.05, 0.1) is 6.04 Å². The highest BCUT2D eigenvalue weighted by Crippen LogP contribution is 2.38. The average molecular weight is 321 g/mol. The second-order valence-electron chi connectivity index (χ2n) is 6.23. The molecule has 1 aliphatic heterocycles. The minimum Gasteiger partial charge on any atom is -0.341 e. The summed E-state index contributed by atoms with van der Waals surface area (Å²) in [6, 6.07) is -0.0390. The molecule has 1 N–H and O–H groups in total. The Bertz CT molecular complexity index is 583. The summed E-state index contributed by atoms with van der Waals surface area (Å²) in [5.74, 6) is 1.83. The van der Waals surface area contributed by atoms with E-state index in [0.717, 1.165) is 25.2 Å². The number of hydrogen-bond donors (Lipinski definition) is 1. The maximum atomic E-state index is 12.0. The van der Waals surface area contributed by atoms with E-state index in [0.29, 0.717) is 37.8 Å². The lowest BCUT2D eigenvalue weighted by molar-refractivity contribution is -0.130. The van der Waals surface area contributed by atoms with Crippen molar-refractivity contribution in [3.8, 4) is 0 Å². The summed E-state index contributed by atoms with van der Waals surface area (Å²) in [6.45, 7) is 3.35. The van der Waals surface area contributed by atoms with Crippen LogP contribution in [0.2, 0.25) is 0 Å². The van der Waals surface area contributed by atoms with E-state index in [2.05, 4.69) is 15.5 Å². The first-order valence-electron chi connectivity index (χ1n) is 8.15. The first-order valence-corrected chi connectivity index (χ1v) is 8.15. The van der Waals surface area contributed by atoms with Crippen LogP contribution in [0.25, 0.3) is 0 Å². The molecule has 0 radical (unpaired) electrons. The van der Waals surface area contributed by atoms with Gasteiger partial charge in [-0.2, -0.15) is 4.98 Å². The molecule has 3 amide bonds. The van der Waals surface area contributed by atoms with Gasteiger partial charge in [0, 0.05) is 45.9 Å². The zero-order chi connectivity index (χ0) is 16.4. The number of amides is 3. The molecule has 126 valence electrons.